The van der Waals surface area contributed by atoms with Crippen LogP contribution in [0, 0.1) is 27.7 Å². The number of nitrogens with zero attached hydrogens (tertiary/aromatic N) is 4. The van der Waals surface area contributed by atoms with Crippen LogP contribution in [0.25, 0.3) is 0 Å². The molecular weight excluding hydrogens is 459 g/mol. The zero-order valence-electron chi connectivity index (χ0n) is 16.8. The number of aryl methyl sites for hydroxylation is 4. The van der Waals surface area contributed by atoms with Gasteiger partial charge in [0, 0.05) is 30.2 Å². The van der Waals surface area contributed by atoms with Gasteiger partial charge in [-0.3, -0.25) is 4.68 Å². The molecule has 0 spiro atoms. The van der Waals surface area contributed by atoms with E-state index in [0.29, 0.717) is 6.54 Å². The van der Waals surface area contributed by atoms with Crippen molar-refractivity contribution < 1.29 is 0 Å². The van der Waals surface area contributed by atoms with Gasteiger partial charge in [0.25, 0.3) is 0 Å². The van der Waals surface area contributed by atoms with E-state index in [0.717, 1.165) is 35.3 Å². The third-order valence-corrected chi connectivity index (χ3v) is 5.40. The van der Waals surface area contributed by atoms with Gasteiger partial charge in [-0.1, -0.05) is 0 Å². The van der Waals surface area contributed by atoms with Crippen LogP contribution < -0.4 is 10.6 Å². The van der Waals surface area contributed by atoms with E-state index < -0.39 is 0 Å². The van der Waals surface area contributed by atoms with Crippen molar-refractivity contribution in [1.82, 2.24) is 25.4 Å². The third-order valence-electron chi connectivity index (χ3n) is 4.34. The Morgan fingerprint density at radius 3 is 2.42 bits per heavy atom. The summed E-state index contributed by atoms with van der Waals surface area (Å²) in [5.74, 6) is 0.833. The minimum atomic E-state index is 0. The van der Waals surface area contributed by atoms with Gasteiger partial charge in [0.2, 0.25) is 0 Å². The molecule has 146 valence electrons. The summed E-state index contributed by atoms with van der Waals surface area (Å²) in [7, 11) is 1.99. The van der Waals surface area contributed by atoms with E-state index in [1.54, 1.807) is 11.3 Å². The molecule has 0 aliphatic rings. The first-order valence-corrected chi connectivity index (χ1v) is 9.60. The molecule has 0 aliphatic heterocycles. The molecule has 0 amide bonds. The summed E-state index contributed by atoms with van der Waals surface area (Å²) in [6.45, 7) is 14.0. The van der Waals surface area contributed by atoms with Crippen molar-refractivity contribution in [3.05, 3.63) is 32.5 Å². The van der Waals surface area contributed by atoms with E-state index in [-0.39, 0.29) is 30.0 Å². The lowest BCUT2D eigenvalue weighted by Crippen LogP contribution is -2.43. The van der Waals surface area contributed by atoms with Crippen LogP contribution in [0.3, 0.4) is 0 Å². The molecule has 0 aliphatic carbocycles. The fourth-order valence-electron chi connectivity index (χ4n) is 2.78. The van der Waals surface area contributed by atoms with Gasteiger partial charge in [-0.05, 0) is 53.5 Å². The van der Waals surface area contributed by atoms with Crippen molar-refractivity contribution in [3.63, 3.8) is 0 Å². The highest BCUT2D eigenvalue weighted by Gasteiger charge is 2.14. The van der Waals surface area contributed by atoms with Gasteiger partial charge < -0.3 is 10.6 Å². The maximum absolute atomic E-state index is 4.69. The highest BCUT2D eigenvalue weighted by molar-refractivity contribution is 14.0. The normalized spacial score (nSPS) is 12.7. The fourth-order valence-corrected chi connectivity index (χ4v) is 3.64. The molecule has 0 saturated heterocycles. The Bertz CT molecular complexity index is 730. The number of rotatable bonds is 6. The van der Waals surface area contributed by atoms with Crippen LogP contribution in [0.4, 0.5) is 0 Å². The summed E-state index contributed by atoms with van der Waals surface area (Å²) in [6, 6.07) is 0.263. The second kappa shape index (κ2) is 10.2. The van der Waals surface area contributed by atoms with Crippen LogP contribution in [-0.4, -0.2) is 33.3 Å². The fraction of sp³-hybridized carbons (Fsp3) is 0.611. The molecule has 26 heavy (non-hydrogen) atoms. The number of hydrogen-bond donors (Lipinski definition) is 2. The molecule has 6 nitrogen and oxygen atoms in total. The molecule has 0 fully saturated rings. The zero-order chi connectivity index (χ0) is 18.6. The van der Waals surface area contributed by atoms with E-state index in [1.165, 1.54) is 16.1 Å². The number of halogens is 1. The van der Waals surface area contributed by atoms with Gasteiger partial charge in [0.15, 0.2) is 5.96 Å². The van der Waals surface area contributed by atoms with Crippen molar-refractivity contribution >= 4 is 41.3 Å². The van der Waals surface area contributed by atoms with Crippen LogP contribution in [0.5, 0.6) is 0 Å². The number of thiazole rings is 1. The van der Waals surface area contributed by atoms with Crippen molar-refractivity contribution in [2.75, 3.05) is 6.54 Å². The number of guanidine groups is 1. The van der Waals surface area contributed by atoms with E-state index in [2.05, 4.69) is 55.3 Å². The summed E-state index contributed by atoms with van der Waals surface area (Å²) < 4.78 is 1.95. The van der Waals surface area contributed by atoms with E-state index in [1.807, 2.05) is 18.7 Å². The molecule has 0 aromatic carbocycles. The van der Waals surface area contributed by atoms with Gasteiger partial charge in [-0.15, -0.1) is 35.3 Å². The molecule has 2 rings (SSSR count). The quantitative estimate of drug-likeness (QED) is 0.370. The van der Waals surface area contributed by atoms with Crippen LogP contribution in [-0.2, 0) is 20.0 Å². The standard InChI is InChI=1S/C18H30N6S.HI/c1-8-19-18(20-10-17-22-12(3)15(6)25-17)21-11(2)9-16-13(4)23-24(7)14(16)5;/h11H,8-10H2,1-7H3,(H2,19,20,21);1H. The molecule has 0 saturated carbocycles. The second-order valence-corrected chi connectivity index (χ2v) is 7.75. The Labute approximate surface area is 177 Å². The Hall–Kier alpha value is -1.16. The van der Waals surface area contributed by atoms with Gasteiger partial charge >= 0.3 is 0 Å². The molecule has 1 atom stereocenters. The number of nitrogens with one attached hydrogen (secondary N) is 2. The van der Waals surface area contributed by atoms with Crippen LogP contribution in [0.2, 0.25) is 0 Å². The van der Waals surface area contributed by atoms with Crippen molar-refractivity contribution in [1.29, 1.82) is 0 Å². The lowest BCUT2D eigenvalue weighted by atomic mass is 10.1. The first kappa shape index (κ1) is 22.9. The Kier molecular flexibility index (Phi) is 9.02. The second-order valence-electron chi connectivity index (χ2n) is 6.47. The molecule has 0 radical (unpaired) electrons. The zero-order valence-corrected chi connectivity index (χ0v) is 20.0. The summed E-state index contributed by atoms with van der Waals surface area (Å²) in [5, 5.41) is 12.4. The predicted molar refractivity (Wildman–Crippen MR) is 121 cm³/mol. The topological polar surface area (TPSA) is 67.1 Å². The lowest BCUT2D eigenvalue weighted by molar-refractivity contribution is 0.635. The van der Waals surface area contributed by atoms with E-state index >= 15 is 0 Å². The molecule has 8 heteroatoms. The van der Waals surface area contributed by atoms with E-state index in [9.17, 15) is 0 Å². The molecule has 2 heterocycles. The maximum Gasteiger partial charge on any atom is 0.191 e. The SMILES string of the molecule is CCNC(=NCc1nc(C)c(C)s1)NC(C)Cc1c(C)nn(C)c1C.I. The predicted octanol–water partition coefficient (Wildman–Crippen LogP) is 3.41. The molecule has 2 aromatic heterocycles. The molecule has 2 aromatic rings. The average Bonchev–Trinajstić information content (AvgIpc) is 2.98. The molecule has 2 N–H and O–H groups in total. The van der Waals surface area contributed by atoms with Gasteiger partial charge in [0.05, 0.1) is 17.9 Å². The highest BCUT2D eigenvalue weighted by Crippen LogP contribution is 2.17. The summed E-state index contributed by atoms with van der Waals surface area (Å²) in [6.07, 6.45) is 0.922. The first-order valence-electron chi connectivity index (χ1n) is 8.78. The molecule has 0 bridgehead atoms. The smallest absolute Gasteiger partial charge is 0.191 e. The number of aromatic nitrogens is 3. The van der Waals surface area contributed by atoms with Gasteiger partial charge in [-0.25, -0.2) is 9.98 Å². The van der Waals surface area contributed by atoms with Crippen LogP contribution in [0.15, 0.2) is 4.99 Å². The monoisotopic (exact) mass is 490 g/mol. The maximum atomic E-state index is 4.69. The van der Waals surface area contributed by atoms with Crippen molar-refractivity contribution in [2.45, 2.75) is 60.5 Å². The Morgan fingerprint density at radius 2 is 1.92 bits per heavy atom. The third kappa shape index (κ3) is 5.94. The molecular formula is C18H31IN6S. The minimum Gasteiger partial charge on any atom is -0.357 e. The number of aliphatic imine (C=N–C) groups is 1. The van der Waals surface area contributed by atoms with Gasteiger partial charge in [-0.2, -0.15) is 5.10 Å². The van der Waals surface area contributed by atoms with Crippen LogP contribution >= 0.6 is 35.3 Å². The van der Waals surface area contributed by atoms with E-state index in [4.69, 9.17) is 4.99 Å². The first-order chi connectivity index (χ1) is 11.8. The largest absolute Gasteiger partial charge is 0.357 e. The Balaban J connectivity index is 0.00000338. The number of hydrogen-bond acceptors (Lipinski definition) is 4. The summed E-state index contributed by atoms with van der Waals surface area (Å²) in [4.78, 5) is 10.5. The molecule has 1 unspecified atom stereocenters. The van der Waals surface area contributed by atoms with Crippen LogP contribution in [0.1, 0.15) is 46.4 Å². The average molecular weight is 490 g/mol. The van der Waals surface area contributed by atoms with Crippen molar-refractivity contribution in [3.8, 4) is 0 Å². The highest BCUT2D eigenvalue weighted by atomic mass is 127. The lowest BCUT2D eigenvalue weighted by Gasteiger charge is -2.18. The van der Waals surface area contributed by atoms with Gasteiger partial charge in [0.1, 0.15) is 5.01 Å². The van der Waals surface area contributed by atoms with Crippen molar-refractivity contribution in [2.24, 2.45) is 12.0 Å². The summed E-state index contributed by atoms with van der Waals surface area (Å²) in [5.41, 5.74) is 4.74. The summed E-state index contributed by atoms with van der Waals surface area (Å²) >= 11 is 1.72. The Morgan fingerprint density at radius 1 is 1.23 bits per heavy atom. The minimum absolute atomic E-state index is 0.